The van der Waals surface area contributed by atoms with Crippen LogP contribution in [0, 0.1) is 12.8 Å². The molecular formula is C25H33NO4. The predicted molar refractivity (Wildman–Crippen MR) is 118 cm³/mol. The summed E-state index contributed by atoms with van der Waals surface area (Å²) in [7, 11) is 0. The van der Waals surface area contributed by atoms with Crippen LogP contribution in [0.15, 0.2) is 24.4 Å². The van der Waals surface area contributed by atoms with E-state index in [-0.39, 0.29) is 17.5 Å². The van der Waals surface area contributed by atoms with E-state index in [1.54, 1.807) is 19.1 Å². The summed E-state index contributed by atoms with van der Waals surface area (Å²) in [4.78, 5) is 16.8. The van der Waals surface area contributed by atoms with Gasteiger partial charge in [0.05, 0.1) is 25.0 Å². The number of phenols is 1. The molecule has 1 aliphatic rings. The van der Waals surface area contributed by atoms with Crippen LogP contribution in [0.25, 0.3) is 0 Å². The molecule has 0 radical (unpaired) electrons. The van der Waals surface area contributed by atoms with Gasteiger partial charge in [-0.3, -0.25) is 9.78 Å². The average molecular weight is 412 g/mol. The van der Waals surface area contributed by atoms with Crippen molar-refractivity contribution < 1.29 is 19.4 Å². The van der Waals surface area contributed by atoms with Crippen LogP contribution in [0.1, 0.15) is 73.1 Å². The van der Waals surface area contributed by atoms with Gasteiger partial charge in [0.2, 0.25) is 0 Å². The van der Waals surface area contributed by atoms with E-state index in [1.807, 2.05) is 20.0 Å². The van der Waals surface area contributed by atoms with Gasteiger partial charge in [-0.2, -0.15) is 0 Å². The first-order valence-corrected chi connectivity index (χ1v) is 11.0. The van der Waals surface area contributed by atoms with Gasteiger partial charge in [0.1, 0.15) is 17.2 Å². The number of hydrogen-bond acceptors (Lipinski definition) is 5. The van der Waals surface area contributed by atoms with Gasteiger partial charge in [0, 0.05) is 17.7 Å². The van der Waals surface area contributed by atoms with Gasteiger partial charge >= 0.3 is 0 Å². The van der Waals surface area contributed by atoms with Crippen molar-refractivity contribution in [1.29, 1.82) is 0 Å². The summed E-state index contributed by atoms with van der Waals surface area (Å²) in [5.41, 5.74) is 3.53. The number of carbonyl (C=O) groups excluding carboxylic acids is 1. The largest absolute Gasteiger partial charge is 0.507 e. The molecule has 0 amide bonds. The molecule has 0 unspecified atom stereocenters. The average Bonchev–Trinajstić information content (AvgIpc) is 2.72. The van der Waals surface area contributed by atoms with Crippen LogP contribution >= 0.6 is 0 Å². The molecule has 0 fully saturated rings. The second-order valence-electron chi connectivity index (χ2n) is 8.49. The quantitative estimate of drug-likeness (QED) is 0.416. The topological polar surface area (TPSA) is 68.7 Å². The first kappa shape index (κ1) is 22.1. The van der Waals surface area contributed by atoms with E-state index in [0.29, 0.717) is 36.5 Å². The second kappa shape index (κ2) is 10.5. The number of Topliss-reactive ketones (excluding diaryl/α,β-unsaturated/α-hetero) is 1. The zero-order chi connectivity index (χ0) is 21.5. The number of rotatable bonds is 10. The summed E-state index contributed by atoms with van der Waals surface area (Å²) in [5, 5.41) is 10.4. The summed E-state index contributed by atoms with van der Waals surface area (Å²) in [6.45, 7) is 6.92. The summed E-state index contributed by atoms with van der Waals surface area (Å²) in [6, 6.07) is 5.57. The number of fused-ring (bicyclic) bond motifs is 1. The molecular weight excluding hydrogens is 378 g/mol. The van der Waals surface area contributed by atoms with Crippen LogP contribution in [0.5, 0.6) is 17.2 Å². The molecule has 5 nitrogen and oxygen atoms in total. The number of benzene rings is 1. The van der Waals surface area contributed by atoms with Gasteiger partial charge in [-0.05, 0) is 75.1 Å². The molecule has 5 heteroatoms. The van der Waals surface area contributed by atoms with Crippen molar-refractivity contribution >= 4 is 5.78 Å². The van der Waals surface area contributed by atoms with E-state index in [4.69, 9.17) is 9.47 Å². The predicted octanol–water partition coefficient (Wildman–Crippen LogP) is 5.44. The molecule has 0 bridgehead atoms. The Bertz CT molecular complexity index is 876. The molecule has 3 rings (SSSR count). The SMILES string of the molecule is Cc1c(OCCCCOc2cnc3c(c2)CCCC3)ccc(C(=O)CC(C)C)c1O. The van der Waals surface area contributed by atoms with Gasteiger partial charge in [-0.15, -0.1) is 0 Å². The highest BCUT2D eigenvalue weighted by molar-refractivity contribution is 5.99. The molecule has 30 heavy (non-hydrogen) atoms. The third kappa shape index (κ3) is 5.74. The minimum atomic E-state index is -0.0361. The molecule has 0 aliphatic heterocycles. The lowest BCUT2D eigenvalue weighted by Gasteiger charge is -2.16. The highest BCUT2D eigenvalue weighted by Crippen LogP contribution is 2.32. The van der Waals surface area contributed by atoms with Crippen molar-refractivity contribution in [3.05, 3.63) is 46.8 Å². The van der Waals surface area contributed by atoms with E-state index in [9.17, 15) is 9.90 Å². The minimum absolute atomic E-state index is 0.0291. The third-order valence-electron chi connectivity index (χ3n) is 5.48. The first-order chi connectivity index (χ1) is 14.5. The van der Waals surface area contributed by atoms with Crippen LogP contribution < -0.4 is 9.47 Å². The smallest absolute Gasteiger partial charge is 0.166 e. The number of aryl methyl sites for hydroxylation is 2. The Morgan fingerprint density at radius 1 is 1.13 bits per heavy atom. The van der Waals surface area contributed by atoms with Gasteiger partial charge in [0.25, 0.3) is 0 Å². The standard InChI is InChI=1S/C25H33NO4/c1-17(2)14-23(27)21-10-11-24(18(3)25(21)28)30-13-7-6-12-29-20-15-19-8-4-5-9-22(19)26-16-20/h10-11,15-17,28H,4-9,12-14H2,1-3H3. The number of hydrogen-bond donors (Lipinski definition) is 1. The van der Waals surface area contributed by atoms with Crippen molar-refractivity contribution in [2.45, 2.75) is 65.7 Å². The van der Waals surface area contributed by atoms with E-state index in [0.717, 1.165) is 31.4 Å². The maximum atomic E-state index is 12.2. The molecule has 2 aromatic rings. The number of pyridine rings is 1. The van der Waals surface area contributed by atoms with Crippen LogP contribution in [-0.4, -0.2) is 29.1 Å². The normalized spacial score (nSPS) is 13.2. The Morgan fingerprint density at radius 2 is 1.87 bits per heavy atom. The van der Waals surface area contributed by atoms with E-state index in [2.05, 4.69) is 11.1 Å². The Kier molecular flexibility index (Phi) is 7.72. The van der Waals surface area contributed by atoms with E-state index < -0.39 is 0 Å². The summed E-state index contributed by atoms with van der Waals surface area (Å²) in [6.07, 6.45) is 8.60. The minimum Gasteiger partial charge on any atom is -0.507 e. The van der Waals surface area contributed by atoms with Crippen molar-refractivity contribution in [3.63, 3.8) is 0 Å². The number of carbonyl (C=O) groups is 1. The van der Waals surface area contributed by atoms with Crippen molar-refractivity contribution in [2.24, 2.45) is 5.92 Å². The van der Waals surface area contributed by atoms with E-state index >= 15 is 0 Å². The fourth-order valence-electron chi connectivity index (χ4n) is 3.77. The molecule has 162 valence electrons. The molecule has 1 N–H and O–H groups in total. The van der Waals surface area contributed by atoms with Gasteiger partial charge in [-0.25, -0.2) is 0 Å². The molecule has 0 saturated carbocycles. The molecule has 1 aromatic heterocycles. The zero-order valence-corrected chi connectivity index (χ0v) is 18.4. The molecule has 1 aromatic carbocycles. The van der Waals surface area contributed by atoms with Crippen LogP contribution in [-0.2, 0) is 12.8 Å². The highest BCUT2D eigenvalue weighted by atomic mass is 16.5. The second-order valence-corrected chi connectivity index (χ2v) is 8.49. The van der Waals surface area contributed by atoms with Crippen LogP contribution in [0.4, 0.5) is 0 Å². The number of ether oxygens (including phenoxy) is 2. The van der Waals surface area contributed by atoms with Crippen molar-refractivity contribution in [3.8, 4) is 17.2 Å². The Hall–Kier alpha value is -2.56. The van der Waals surface area contributed by atoms with Crippen molar-refractivity contribution in [1.82, 2.24) is 4.98 Å². The van der Waals surface area contributed by atoms with Crippen molar-refractivity contribution in [2.75, 3.05) is 13.2 Å². The highest BCUT2D eigenvalue weighted by Gasteiger charge is 2.17. The van der Waals surface area contributed by atoms with E-state index in [1.165, 1.54) is 24.1 Å². The number of nitrogens with zero attached hydrogens (tertiary/aromatic N) is 1. The lowest BCUT2D eigenvalue weighted by Crippen LogP contribution is -2.07. The molecule has 1 aliphatic carbocycles. The molecule has 0 spiro atoms. The summed E-state index contributed by atoms with van der Waals surface area (Å²) >= 11 is 0. The van der Waals surface area contributed by atoms with Crippen LogP contribution in [0.2, 0.25) is 0 Å². The Labute approximate surface area is 179 Å². The lowest BCUT2D eigenvalue weighted by atomic mass is 9.96. The van der Waals surface area contributed by atoms with Gasteiger partial charge in [-0.1, -0.05) is 13.8 Å². The Morgan fingerprint density at radius 3 is 2.63 bits per heavy atom. The number of phenolic OH excluding ortho intramolecular Hbond substituents is 1. The maximum Gasteiger partial charge on any atom is 0.166 e. The van der Waals surface area contributed by atoms with Gasteiger partial charge < -0.3 is 14.6 Å². The monoisotopic (exact) mass is 411 g/mol. The Balaban J connectivity index is 1.42. The summed E-state index contributed by atoms with van der Waals surface area (Å²) in [5.74, 6) is 1.71. The molecule has 0 atom stereocenters. The summed E-state index contributed by atoms with van der Waals surface area (Å²) < 4.78 is 11.7. The number of ketones is 1. The molecule has 0 saturated heterocycles. The first-order valence-electron chi connectivity index (χ1n) is 11.0. The number of aromatic nitrogens is 1. The van der Waals surface area contributed by atoms with Crippen LogP contribution in [0.3, 0.4) is 0 Å². The maximum absolute atomic E-state index is 12.2. The third-order valence-corrected chi connectivity index (χ3v) is 5.48. The molecule has 1 heterocycles. The lowest BCUT2D eigenvalue weighted by molar-refractivity contribution is 0.0965. The fraction of sp³-hybridized carbons (Fsp3) is 0.520. The van der Waals surface area contributed by atoms with Gasteiger partial charge in [0.15, 0.2) is 5.78 Å². The number of unbranched alkanes of at least 4 members (excludes halogenated alkanes) is 1. The zero-order valence-electron chi connectivity index (χ0n) is 18.4. The fourth-order valence-corrected chi connectivity index (χ4v) is 3.77. The number of aromatic hydroxyl groups is 1.